The molecule has 0 aliphatic heterocycles. The van der Waals surface area contributed by atoms with Gasteiger partial charge in [-0.2, -0.15) is 0 Å². The lowest BCUT2D eigenvalue weighted by Gasteiger charge is -2.13. The van der Waals surface area contributed by atoms with Crippen LogP contribution in [0, 0.1) is 0 Å². The molecule has 2 aromatic carbocycles. The summed E-state index contributed by atoms with van der Waals surface area (Å²) in [5.74, 6) is -1.19. The Labute approximate surface area is 161 Å². The van der Waals surface area contributed by atoms with Gasteiger partial charge in [0, 0.05) is 7.05 Å². The third kappa shape index (κ3) is 6.00. The van der Waals surface area contributed by atoms with Crippen LogP contribution in [0.15, 0.2) is 48.5 Å². The zero-order valence-electron chi connectivity index (χ0n) is 14.8. The number of ether oxygens (including phenoxy) is 2. The molecule has 0 saturated carbocycles. The number of carbonyl (C=O) groups excluding carboxylic acids is 3. The van der Waals surface area contributed by atoms with Crippen molar-refractivity contribution in [3.05, 3.63) is 53.6 Å². The summed E-state index contributed by atoms with van der Waals surface area (Å²) >= 11 is 6.21. The van der Waals surface area contributed by atoms with E-state index < -0.39 is 30.6 Å². The maximum Gasteiger partial charge on any atom is 0.344 e. The molecule has 0 aliphatic rings. The van der Waals surface area contributed by atoms with Gasteiger partial charge in [0.05, 0.1) is 5.02 Å². The number of hydrogen-bond acceptors (Lipinski definition) is 5. The lowest BCUT2D eigenvalue weighted by atomic mass is 10.1. The molecule has 8 heteroatoms. The minimum atomic E-state index is -1.14. The number of rotatable bonds is 6. The average Bonchev–Trinajstić information content (AvgIpc) is 2.67. The zero-order chi connectivity index (χ0) is 19.8. The van der Waals surface area contributed by atoms with Gasteiger partial charge in [0.25, 0.3) is 5.91 Å². The maximum atomic E-state index is 11.8. The van der Waals surface area contributed by atoms with Crippen molar-refractivity contribution in [1.82, 2.24) is 10.6 Å². The molecule has 2 rings (SSSR count). The van der Waals surface area contributed by atoms with Crippen LogP contribution in [0.3, 0.4) is 0 Å². The van der Waals surface area contributed by atoms with E-state index in [0.29, 0.717) is 10.8 Å². The number of hydrogen-bond donors (Lipinski definition) is 2. The Balaban J connectivity index is 1.89. The standard InChI is InChI=1S/C19H19ClN2O5/c1-12(18(24)22-19(25)21-2)27-17(23)11-26-16-9-8-14(10-15(16)20)13-6-4-3-5-7-13/h3-10,12H,11H2,1-2H3,(H2,21,22,24,25)/t12-/m0/s1. The molecule has 0 spiro atoms. The second-order valence-electron chi connectivity index (χ2n) is 5.50. The maximum absolute atomic E-state index is 11.8. The number of halogens is 1. The molecule has 0 aromatic heterocycles. The molecule has 142 valence electrons. The van der Waals surface area contributed by atoms with Gasteiger partial charge in [-0.3, -0.25) is 10.1 Å². The minimum Gasteiger partial charge on any atom is -0.480 e. The average molecular weight is 391 g/mol. The van der Waals surface area contributed by atoms with Crippen molar-refractivity contribution in [3.63, 3.8) is 0 Å². The number of esters is 1. The Bertz CT molecular complexity index is 826. The summed E-state index contributed by atoms with van der Waals surface area (Å²) in [6.07, 6.45) is -1.14. The normalized spacial score (nSPS) is 11.2. The van der Waals surface area contributed by atoms with E-state index >= 15 is 0 Å². The molecular formula is C19H19ClN2O5. The van der Waals surface area contributed by atoms with Crippen molar-refractivity contribution in [3.8, 4) is 16.9 Å². The summed E-state index contributed by atoms with van der Waals surface area (Å²) < 4.78 is 10.3. The fraction of sp³-hybridized carbons (Fsp3) is 0.211. The Kier molecular flexibility index (Phi) is 7.19. The summed E-state index contributed by atoms with van der Waals surface area (Å²) in [6, 6.07) is 14.2. The molecule has 1 atom stereocenters. The minimum absolute atomic E-state index is 0.316. The van der Waals surface area contributed by atoms with Crippen LogP contribution < -0.4 is 15.4 Å². The third-order valence-corrected chi connectivity index (χ3v) is 3.82. The molecule has 27 heavy (non-hydrogen) atoms. The van der Waals surface area contributed by atoms with Crippen LogP contribution >= 0.6 is 11.6 Å². The van der Waals surface area contributed by atoms with E-state index in [1.54, 1.807) is 12.1 Å². The van der Waals surface area contributed by atoms with Crippen molar-refractivity contribution in [1.29, 1.82) is 0 Å². The second-order valence-corrected chi connectivity index (χ2v) is 5.91. The lowest BCUT2D eigenvalue weighted by Crippen LogP contribution is -2.43. The molecule has 2 aromatic rings. The van der Waals surface area contributed by atoms with Gasteiger partial charge in [0.15, 0.2) is 12.7 Å². The van der Waals surface area contributed by atoms with Crippen LogP contribution in [-0.2, 0) is 14.3 Å². The summed E-state index contributed by atoms with van der Waals surface area (Å²) in [5.41, 5.74) is 1.91. The summed E-state index contributed by atoms with van der Waals surface area (Å²) in [4.78, 5) is 34.5. The molecule has 3 amide bonds. The zero-order valence-corrected chi connectivity index (χ0v) is 15.6. The molecule has 0 unspecified atom stereocenters. The first-order valence-electron chi connectivity index (χ1n) is 8.10. The first kappa shape index (κ1) is 20.3. The molecule has 7 nitrogen and oxygen atoms in total. The lowest BCUT2D eigenvalue weighted by molar-refractivity contribution is -0.156. The first-order valence-corrected chi connectivity index (χ1v) is 8.48. The van der Waals surface area contributed by atoms with Crippen LogP contribution in [0.2, 0.25) is 5.02 Å². The van der Waals surface area contributed by atoms with Gasteiger partial charge >= 0.3 is 12.0 Å². The van der Waals surface area contributed by atoms with E-state index in [1.807, 2.05) is 41.7 Å². The highest BCUT2D eigenvalue weighted by Crippen LogP contribution is 2.30. The fourth-order valence-electron chi connectivity index (χ4n) is 2.13. The van der Waals surface area contributed by atoms with Gasteiger partial charge in [-0.1, -0.05) is 48.0 Å². The number of benzene rings is 2. The first-order chi connectivity index (χ1) is 12.9. The summed E-state index contributed by atoms with van der Waals surface area (Å²) in [5, 5.41) is 4.58. The monoisotopic (exact) mass is 390 g/mol. The van der Waals surface area contributed by atoms with Crippen molar-refractivity contribution >= 4 is 29.5 Å². The highest BCUT2D eigenvalue weighted by molar-refractivity contribution is 6.32. The third-order valence-electron chi connectivity index (χ3n) is 3.53. The summed E-state index contributed by atoms with van der Waals surface area (Å²) in [7, 11) is 1.36. The topological polar surface area (TPSA) is 93.7 Å². The number of amides is 3. The molecule has 0 radical (unpaired) electrons. The fourth-order valence-corrected chi connectivity index (χ4v) is 2.36. The molecule has 0 fully saturated rings. The van der Waals surface area contributed by atoms with Gasteiger partial charge in [-0.15, -0.1) is 0 Å². The summed E-state index contributed by atoms with van der Waals surface area (Å²) in [6.45, 7) is 0.916. The van der Waals surface area contributed by atoms with Gasteiger partial charge in [-0.25, -0.2) is 9.59 Å². The number of nitrogens with one attached hydrogen (secondary N) is 2. The van der Waals surface area contributed by atoms with Gasteiger partial charge in [0.1, 0.15) is 5.75 Å². The number of carbonyl (C=O) groups is 3. The van der Waals surface area contributed by atoms with Crippen LogP contribution in [0.25, 0.3) is 11.1 Å². The van der Waals surface area contributed by atoms with Crippen molar-refractivity contribution in [2.75, 3.05) is 13.7 Å². The van der Waals surface area contributed by atoms with E-state index in [2.05, 4.69) is 5.32 Å². The molecular weight excluding hydrogens is 372 g/mol. The van der Waals surface area contributed by atoms with Gasteiger partial charge in [-0.05, 0) is 30.2 Å². The van der Waals surface area contributed by atoms with E-state index in [0.717, 1.165) is 11.1 Å². The van der Waals surface area contributed by atoms with E-state index in [9.17, 15) is 14.4 Å². The Morgan fingerprint density at radius 1 is 1.07 bits per heavy atom. The van der Waals surface area contributed by atoms with Crippen molar-refractivity contribution < 1.29 is 23.9 Å². The Hall–Kier alpha value is -3.06. The highest BCUT2D eigenvalue weighted by atomic mass is 35.5. The quantitative estimate of drug-likeness (QED) is 0.740. The van der Waals surface area contributed by atoms with Crippen LogP contribution in [0.5, 0.6) is 5.75 Å². The van der Waals surface area contributed by atoms with Crippen LogP contribution in [0.4, 0.5) is 4.79 Å². The SMILES string of the molecule is CNC(=O)NC(=O)[C@H](C)OC(=O)COc1ccc(-c2ccccc2)cc1Cl. The highest BCUT2D eigenvalue weighted by Gasteiger charge is 2.20. The largest absolute Gasteiger partial charge is 0.480 e. The van der Waals surface area contributed by atoms with Gasteiger partial charge in [0.2, 0.25) is 0 Å². The Morgan fingerprint density at radius 3 is 2.41 bits per heavy atom. The molecule has 0 aliphatic carbocycles. The predicted octanol–water partition coefficient (Wildman–Crippen LogP) is 2.77. The Morgan fingerprint density at radius 2 is 1.78 bits per heavy atom. The van der Waals surface area contributed by atoms with E-state index in [-0.39, 0.29) is 0 Å². The molecule has 0 heterocycles. The molecule has 0 saturated heterocycles. The van der Waals surface area contributed by atoms with E-state index in [4.69, 9.17) is 21.1 Å². The predicted molar refractivity (Wildman–Crippen MR) is 101 cm³/mol. The van der Waals surface area contributed by atoms with Crippen LogP contribution in [0.1, 0.15) is 6.92 Å². The smallest absolute Gasteiger partial charge is 0.344 e. The second kappa shape index (κ2) is 9.59. The van der Waals surface area contributed by atoms with Crippen LogP contribution in [-0.4, -0.2) is 37.7 Å². The van der Waals surface area contributed by atoms with E-state index in [1.165, 1.54) is 14.0 Å². The van der Waals surface area contributed by atoms with Crippen molar-refractivity contribution in [2.24, 2.45) is 0 Å². The molecule has 0 bridgehead atoms. The van der Waals surface area contributed by atoms with Gasteiger partial charge < -0.3 is 14.8 Å². The number of urea groups is 1. The molecule has 2 N–H and O–H groups in total. The van der Waals surface area contributed by atoms with Crippen molar-refractivity contribution in [2.45, 2.75) is 13.0 Å². The number of imide groups is 1.